The van der Waals surface area contributed by atoms with Crippen LogP contribution >= 0.6 is 0 Å². The maximum absolute atomic E-state index is 12.4. The zero-order valence-corrected chi connectivity index (χ0v) is 34.6. The average molecular weight is 718 g/mol. The van der Waals surface area contributed by atoms with Crippen molar-refractivity contribution in [1.29, 1.82) is 0 Å². The molecule has 2 atom stereocenters. The lowest BCUT2D eigenvalue weighted by molar-refractivity contribution is -0.123. The van der Waals surface area contributed by atoms with Gasteiger partial charge in [0.15, 0.2) is 0 Å². The van der Waals surface area contributed by atoms with Gasteiger partial charge in [0, 0.05) is 6.42 Å². The van der Waals surface area contributed by atoms with Crippen molar-refractivity contribution in [3.05, 3.63) is 24.3 Å². The highest BCUT2D eigenvalue weighted by Gasteiger charge is 2.20. The lowest BCUT2D eigenvalue weighted by atomic mass is 10.0. The molecule has 2 unspecified atom stereocenters. The standard InChI is InChI=1S/C47H91NO3/c1-3-5-7-9-11-13-15-17-19-21-23-25-26-28-30-32-34-36-38-40-42-46(50)45(44-49)48-47(51)43-41-39-37-35-33-31-29-27-24-22-20-18-16-14-12-10-8-6-4-2/h12,14,18,20,45-46,49-50H,3-11,13,15-17,19,21-44H2,1-2H3,(H,48,51)/b14-12-,20-18-. The number of nitrogens with one attached hydrogen (secondary N) is 1. The van der Waals surface area contributed by atoms with Crippen molar-refractivity contribution in [3.8, 4) is 0 Å². The summed E-state index contributed by atoms with van der Waals surface area (Å²) < 4.78 is 0. The van der Waals surface area contributed by atoms with Crippen molar-refractivity contribution in [2.24, 2.45) is 0 Å². The molecule has 0 saturated heterocycles. The lowest BCUT2D eigenvalue weighted by Crippen LogP contribution is -2.45. The number of allylic oxidation sites excluding steroid dienone is 4. The third kappa shape index (κ3) is 39.9. The first-order chi connectivity index (χ1) is 25.2. The molecule has 302 valence electrons. The van der Waals surface area contributed by atoms with Crippen LogP contribution in [-0.4, -0.2) is 34.9 Å². The Kier molecular flexibility index (Phi) is 42.3. The Balaban J connectivity index is 3.50. The lowest BCUT2D eigenvalue weighted by Gasteiger charge is -2.22. The molecule has 0 aliphatic heterocycles. The van der Waals surface area contributed by atoms with Gasteiger partial charge in [-0.2, -0.15) is 0 Å². The Labute approximate surface area is 319 Å². The van der Waals surface area contributed by atoms with Crippen LogP contribution in [-0.2, 0) is 4.79 Å². The number of carbonyl (C=O) groups is 1. The number of aliphatic hydroxyl groups is 2. The Morgan fingerprint density at radius 1 is 0.471 bits per heavy atom. The molecule has 0 aliphatic carbocycles. The fourth-order valence-electron chi connectivity index (χ4n) is 7.16. The van der Waals surface area contributed by atoms with Gasteiger partial charge >= 0.3 is 0 Å². The Hall–Kier alpha value is -1.13. The van der Waals surface area contributed by atoms with E-state index in [2.05, 4.69) is 43.5 Å². The normalized spacial score (nSPS) is 13.1. The first kappa shape index (κ1) is 49.9. The predicted octanol–water partition coefficient (Wildman–Crippen LogP) is 14.4. The molecule has 4 nitrogen and oxygen atoms in total. The van der Waals surface area contributed by atoms with Gasteiger partial charge in [-0.05, 0) is 44.9 Å². The Morgan fingerprint density at radius 3 is 1.22 bits per heavy atom. The van der Waals surface area contributed by atoms with Crippen LogP contribution < -0.4 is 5.32 Å². The summed E-state index contributed by atoms with van der Waals surface area (Å²) in [6.07, 6.45) is 55.4. The molecule has 0 spiro atoms. The van der Waals surface area contributed by atoms with Gasteiger partial charge in [0.05, 0.1) is 18.8 Å². The molecule has 0 rings (SSSR count). The molecule has 0 aromatic carbocycles. The number of unbranched alkanes of at least 4 members (excludes halogenated alkanes) is 31. The van der Waals surface area contributed by atoms with Crippen LogP contribution in [0, 0.1) is 0 Å². The number of hydrogen-bond acceptors (Lipinski definition) is 3. The summed E-state index contributed by atoms with van der Waals surface area (Å²) in [6.45, 7) is 4.35. The van der Waals surface area contributed by atoms with Gasteiger partial charge in [-0.25, -0.2) is 0 Å². The molecule has 4 heteroatoms. The minimum atomic E-state index is -0.659. The molecule has 0 fully saturated rings. The van der Waals surface area contributed by atoms with E-state index in [-0.39, 0.29) is 12.5 Å². The summed E-state index contributed by atoms with van der Waals surface area (Å²) in [5.74, 6) is -0.0337. The minimum absolute atomic E-state index is 0.0337. The summed E-state index contributed by atoms with van der Waals surface area (Å²) in [4.78, 5) is 12.4. The van der Waals surface area contributed by atoms with Gasteiger partial charge in [0.1, 0.15) is 0 Å². The Morgan fingerprint density at radius 2 is 0.804 bits per heavy atom. The number of hydrogen-bond donors (Lipinski definition) is 3. The van der Waals surface area contributed by atoms with Gasteiger partial charge in [-0.1, -0.05) is 224 Å². The van der Waals surface area contributed by atoms with E-state index in [1.807, 2.05) is 0 Å². The van der Waals surface area contributed by atoms with Crippen molar-refractivity contribution < 1.29 is 15.0 Å². The van der Waals surface area contributed by atoms with E-state index in [9.17, 15) is 15.0 Å². The Bertz CT molecular complexity index is 735. The van der Waals surface area contributed by atoms with Crippen molar-refractivity contribution in [2.75, 3.05) is 6.61 Å². The third-order valence-corrected chi connectivity index (χ3v) is 10.7. The molecule has 0 bridgehead atoms. The molecule has 51 heavy (non-hydrogen) atoms. The second-order valence-electron chi connectivity index (χ2n) is 15.8. The monoisotopic (exact) mass is 718 g/mol. The van der Waals surface area contributed by atoms with Crippen LogP contribution in [0.1, 0.15) is 251 Å². The molecule has 0 aromatic rings. The number of rotatable bonds is 42. The molecule has 3 N–H and O–H groups in total. The number of carbonyl (C=O) groups excluding carboxylic acids is 1. The summed E-state index contributed by atoms with van der Waals surface area (Å²) in [5, 5.41) is 23.2. The van der Waals surface area contributed by atoms with E-state index in [1.165, 1.54) is 193 Å². The van der Waals surface area contributed by atoms with E-state index in [1.54, 1.807) is 0 Å². The SMILES string of the molecule is CCCCC/C=C\C/C=C\CCCCCCCCCCCC(=O)NC(CO)C(O)CCCCCCCCCCCCCCCCCCCCCC. The maximum Gasteiger partial charge on any atom is 0.220 e. The van der Waals surface area contributed by atoms with Crippen LogP contribution in [0.4, 0.5) is 0 Å². The quantitative estimate of drug-likeness (QED) is 0.0435. The fraction of sp³-hybridized carbons (Fsp3) is 0.894. The molecule has 1 amide bonds. The summed E-state index contributed by atoms with van der Waals surface area (Å²) in [5.41, 5.74) is 0. The molecular weight excluding hydrogens is 627 g/mol. The average Bonchev–Trinajstić information content (AvgIpc) is 3.13. The first-order valence-corrected chi connectivity index (χ1v) is 23.0. The van der Waals surface area contributed by atoms with E-state index >= 15 is 0 Å². The zero-order chi connectivity index (χ0) is 37.1. The van der Waals surface area contributed by atoms with E-state index in [0.29, 0.717) is 12.8 Å². The zero-order valence-electron chi connectivity index (χ0n) is 34.6. The second kappa shape index (κ2) is 43.3. The van der Waals surface area contributed by atoms with E-state index < -0.39 is 12.1 Å². The van der Waals surface area contributed by atoms with Gasteiger partial charge in [-0.15, -0.1) is 0 Å². The van der Waals surface area contributed by atoms with Crippen molar-refractivity contribution in [1.82, 2.24) is 5.32 Å². The van der Waals surface area contributed by atoms with Crippen LogP contribution in [0.2, 0.25) is 0 Å². The smallest absolute Gasteiger partial charge is 0.220 e. The summed E-state index contributed by atoms with van der Waals surface area (Å²) in [7, 11) is 0. The molecule has 0 saturated carbocycles. The van der Waals surface area contributed by atoms with Crippen molar-refractivity contribution in [3.63, 3.8) is 0 Å². The predicted molar refractivity (Wildman–Crippen MR) is 225 cm³/mol. The highest BCUT2D eigenvalue weighted by Crippen LogP contribution is 2.16. The van der Waals surface area contributed by atoms with Gasteiger partial charge in [0.25, 0.3) is 0 Å². The number of aliphatic hydroxyl groups excluding tert-OH is 2. The topological polar surface area (TPSA) is 69.6 Å². The largest absolute Gasteiger partial charge is 0.394 e. The summed E-state index contributed by atoms with van der Waals surface area (Å²) >= 11 is 0. The molecule has 0 aliphatic rings. The molecule has 0 heterocycles. The summed E-state index contributed by atoms with van der Waals surface area (Å²) in [6, 6.07) is -0.537. The second-order valence-corrected chi connectivity index (χ2v) is 15.8. The minimum Gasteiger partial charge on any atom is -0.394 e. The van der Waals surface area contributed by atoms with Gasteiger partial charge in [-0.3, -0.25) is 4.79 Å². The highest BCUT2D eigenvalue weighted by atomic mass is 16.3. The third-order valence-electron chi connectivity index (χ3n) is 10.7. The number of amides is 1. The van der Waals surface area contributed by atoms with E-state index in [4.69, 9.17) is 0 Å². The highest BCUT2D eigenvalue weighted by molar-refractivity contribution is 5.76. The van der Waals surface area contributed by atoms with Gasteiger partial charge < -0.3 is 15.5 Å². The van der Waals surface area contributed by atoms with Crippen LogP contribution in [0.3, 0.4) is 0 Å². The fourth-order valence-corrected chi connectivity index (χ4v) is 7.16. The van der Waals surface area contributed by atoms with Gasteiger partial charge in [0.2, 0.25) is 5.91 Å². The van der Waals surface area contributed by atoms with E-state index in [0.717, 1.165) is 32.1 Å². The molecular formula is C47H91NO3. The first-order valence-electron chi connectivity index (χ1n) is 23.0. The van der Waals surface area contributed by atoms with Crippen molar-refractivity contribution in [2.45, 2.75) is 264 Å². The van der Waals surface area contributed by atoms with Crippen LogP contribution in [0.15, 0.2) is 24.3 Å². The van der Waals surface area contributed by atoms with Crippen LogP contribution in [0.5, 0.6) is 0 Å². The van der Waals surface area contributed by atoms with Crippen molar-refractivity contribution >= 4 is 5.91 Å². The van der Waals surface area contributed by atoms with Crippen LogP contribution in [0.25, 0.3) is 0 Å². The molecule has 0 aromatic heterocycles. The maximum atomic E-state index is 12.4. The molecule has 0 radical (unpaired) electrons.